The van der Waals surface area contributed by atoms with E-state index in [2.05, 4.69) is 31.0 Å². The van der Waals surface area contributed by atoms with Crippen LogP contribution in [-0.2, 0) is 18.4 Å². The molecule has 0 unspecified atom stereocenters. The van der Waals surface area contributed by atoms with Gasteiger partial charge in [-0.1, -0.05) is 11.6 Å². The number of methoxy groups -OCH3 is 2. The minimum Gasteiger partial charge on any atom is -0.480 e. The fourth-order valence-corrected chi connectivity index (χ4v) is 3.62. The van der Waals surface area contributed by atoms with Crippen molar-refractivity contribution in [3.8, 4) is 17.4 Å². The van der Waals surface area contributed by atoms with Crippen LogP contribution in [0, 0.1) is 0 Å². The van der Waals surface area contributed by atoms with Crippen molar-refractivity contribution < 1.29 is 9.47 Å². The van der Waals surface area contributed by atoms with Crippen LogP contribution < -0.4 is 15.6 Å². The minimum absolute atomic E-state index is 0.219. The van der Waals surface area contributed by atoms with Crippen molar-refractivity contribution in [3.63, 3.8) is 0 Å². The number of hydrazine groups is 1. The highest BCUT2D eigenvalue weighted by Gasteiger charge is 2.30. The molecule has 0 radical (unpaired) electrons. The Bertz CT molecular complexity index is 946. The number of pyridine rings is 1. The number of halogens is 1. The number of aryl methyl sites for hydroxylation is 1. The van der Waals surface area contributed by atoms with Crippen LogP contribution in [0.5, 0.6) is 5.88 Å². The summed E-state index contributed by atoms with van der Waals surface area (Å²) in [6.45, 7) is 1.94. The Morgan fingerprint density at radius 1 is 1.27 bits per heavy atom. The summed E-state index contributed by atoms with van der Waals surface area (Å²) in [6.07, 6.45) is 0. The van der Waals surface area contributed by atoms with Gasteiger partial charge in [-0.3, -0.25) is 16.0 Å². The quantitative estimate of drug-likeness (QED) is 0.617. The molecule has 1 aliphatic heterocycles. The fraction of sp³-hybridized carbons (Fsp3) is 0.438. The molecule has 3 aromatic rings. The fourth-order valence-electron chi connectivity index (χ4n) is 3.40. The molecular weight excluding hydrogens is 358 g/mol. The molecule has 3 aromatic heterocycles. The second-order valence-electron chi connectivity index (χ2n) is 6.17. The van der Waals surface area contributed by atoms with Gasteiger partial charge in [-0.2, -0.15) is 5.10 Å². The lowest BCUT2D eigenvalue weighted by molar-refractivity contribution is 0.178. The highest BCUT2D eigenvalue weighted by Crippen LogP contribution is 2.39. The molecule has 1 fully saturated rings. The van der Waals surface area contributed by atoms with E-state index in [4.69, 9.17) is 21.1 Å². The lowest BCUT2D eigenvalue weighted by atomic mass is 9.98. The third-order valence-electron chi connectivity index (χ3n) is 4.58. The van der Waals surface area contributed by atoms with E-state index in [1.54, 1.807) is 14.2 Å². The van der Waals surface area contributed by atoms with Crippen LogP contribution >= 0.6 is 11.6 Å². The summed E-state index contributed by atoms with van der Waals surface area (Å²) in [5, 5.41) is 7.78. The highest BCUT2D eigenvalue weighted by molar-refractivity contribution is 6.32. The number of nitrogens with zero attached hydrogens (tertiary/aromatic N) is 4. The van der Waals surface area contributed by atoms with Gasteiger partial charge in [0.25, 0.3) is 0 Å². The summed E-state index contributed by atoms with van der Waals surface area (Å²) in [7, 11) is 5.15. The van der Waals surface area contributed by atoms with E-state index in [1.807, 2.05) is 17.7 Å². The first-order valence-corrected chi connectivity index (χ1v) is 8.61. The van der Waals surface area contributed by atoms with Crippen LogP contribution in [0.1, 0.15) is 17.3 Å². The number of hydrogen-bond acceptors (Lipinski definition) is 7. The van der Waals surface area contributed by atoms with Crippen molar-refractivity contribution in [3.05, 3.63) is 22.5 Å². The number of ether oxygens (including phenoxy) is 2. The normalized spacial score (nSPS) is 15.2. The standard InChI is InChI=1S/C16H20ClN7O2/c1-24-10-4-9(17)16(26-3)21-13(10)12(8-5-18-19-6-8)14(24)15-20-11(7-25-2)22-23-15/h4,8,18-19H,5-7H2,1-3H3,(H,20,22,23). The van der Waals surface area contributed by atoms with Crippen LogP contribution in [-0.4, -0.2) is 52.0 Å². The first-order chi connectivity index (χ1) is 12.6. The van der Waals surface area contributed by atoms with Crippen molar-refractivity contribution in [1.82, 2.24) is 35.6 Å². The molecule has 10 heteroatoms. The molecule has 0 aromatic carbocycles. The van der Waals surface area contributed by atoms with Gasteiger partial charge in [0.2, 0.25) is 5.88 Å². The maximum Gasteiger partial charge on any atom is 0.233 e. The van der Waals surface area contributed by atoms with Crippen molar-refractivity contribution in [2.75, 3.05) is 27.3 Å². The van der Waals surface area contributed by atoms with Gasteiger partial charge in [0.1, 0.15) is 11.6 Å². The molecule has 0 saturated carbocycles. The number of fused-ring (bicyclic) bond motifs is 1. The summed E-state index contributed by atoms with van der Waals surface area (Å²) in [6, 6.07) is 1.87. The van der Waals surface area contributed by atoms with Crippen LogP contribution in [0.2, 0.25) is 5.02 Å². The van der Waals surface area contributed by atoms with E-state index in [1.165, 1.54) is 0 Å². The molecule has 9 nitrogen and oxygen atoms in total. The SMILES string of the molecule is COCc1nc(-c2c(C3CNNC3)c3nc(OC)c(Cl)cc3n2C)n[nH]1. The van der Waals surface area contributed by atoms with Gasteiger partial charge in [0, 0.05) is 38.7 Å². The molecule has 138 valence electrons. The van der Waals surface area contributed by atoms with Gasteiger partial charge in [-0.15, -0.1) is 0 Å². The number of rotatable bonds is 5. The van der Waals surface area contributed by atoms with E-state index in [-0.39, 0.29) is 5.92 Å². The summed E-state index contributed by atoms with van der Waals surface area (Å²) < 4.78 is 12.5. The Balaban J connectivity index is 1.97. The van der Waals surface area contributed by atoms with Crippen LogP contribution in [0.25, 0.3) is 22.6 Å². The number of aromatic nitrogens is 5. The lowest BCUT2D eigenvalue weighted by Crippen LogP contribution is -2.21. The van der Waals surface area contributed by atoms with Crippen molar-refractivity contribution in [1.29, 1.82) is 0 Å². The first kappa shape index (κ1) is 17.2. The summed E-state index contributed by atoms with van der Waals surface area (Å²) in [5.74, 6) is 1.91. The van der Waals surface area contributed by atoms with Gasteiger partial charge in [0.05, 0.1) is 23.8 Å². The van der Waals surface area contributed by atoms with Crippen LogP contribution in [0.15, 0.2) is 6.07 Å². The van der Waals surface area contributed by atoms with Crippen molar-refractivity contribution >= 4 is 22.6 Å². The third-order valence-corrected chi connectivity index (χ3v) is 4.85. The average molecular weight is 378 g/mol. The van der Waals surface area contributed by atoms with Gasteiger partial charge in [0.15, 0.2) is 11.6 Å². The Labute approximate surface area is 155 Å². The van der Waals surface area contributed by atoms with Gasteiger partial charge < -0.3 is 14.0 Å². The second-order valence-corrected chi connectivity index (χ2v) is 6.57. The predicted molar refractivity (Wildman–Crippen MR) is 97.1 cm³/mol. The first-order valence-electron chi connectivity index (χ1n) is 8.23. The Morgan fingerprint density at radius 3 is 2.73 bits per heavy atom. The van der Waals surface area contributed by atoms with E-state index < -0.39 is 0 Å². The van der Waals surface area contributed by atoms with E-state index in [0.717, 1.165) is 35.4 Å². The highest BCUT2D eigenvalue weighted by atomic mass is 35.5. The Morgan fingerprint density at radius 2 is 2.04 bits per heavy atom. The summed E-state index contributed by atoms with van der Waals surface area (Å²) in [5.41, 5.74) is 10.1. The lowest BCUT2D eigenvalue weighted by Gasteiger charge is -2.09. The van der Waals surface area contributed by atoms with E-state index >= 15 is 0 Å². The molecule has 0 bridgehead atoms. The van der Waals surface area contributed by atoms with Crippen LogP contribution in [0.3, 0.4) is 0 Å². The van der Waals surface area contributed by atoms with Crippen molar-refractivity contribution in [2.24, 2.45) is 7.05 Å². The van der Waals surface area contributed by atoms with E-state index in [0.29, 0.717) is 29.2 Å². The maximum absolute atomic E-state index is 6.31. The van der Waals surface area contributed by atoms with E-state index in [9.17, 15) is 0 Å². The molecule has 4 rings (SSSR count). The molecule has 3 N–H and O–H groups in total. The largest absolute Gasteiger partial charge is 0.480 e. The average Bonchev–Trinajstić information content (AvgIpc) is 3.35. The molecule has 0 aliphatic carbocycles. The zero-order chi connectivity index (χ0) is 18.3. The molecule has 1 saturated heterocycles. The summed E-state index contributed by atoms with van der Waals surface area (Å²) >= 11 is 6.31. The topological polar surface area (TPSA) is 102 Å². The molecule has 1 aliphatic rings. The Kier molecular flexibility index (Phi) is 4.53. The minimum atomic E-state index is 0.219. The van der Waals surface area contributed by atoms with Gasteiger partial charge >= 0.3 is 0 Å². The predicted octanol–water partition coefficient (Wildman–Crippen LogP) is 1.36. The monoisotopic (exact) mass is 377 g/mol. The van der Waals surface area contributed by atoms with Gasteiger partial charge in [-0.05, 0) is 6.07 Å². The molecule has 0 amide bonds. The number of nitrogens with one attached hydrogen (secondary N) is 3. The smallest absolute Gasteiger partial charge is 0.233 e. The molecule has 26 heavy (non-hydrogen) atoms. The van der Waals surface area contributed by atoms with Gasteiger partial charge in [-0.25, -0.2) is 9.97 Å². The molecule has 4 heterocycles. The Hall–Kier alpha value is -2.20. The van der Waals surface area contributed by atoms with Crippen LogP contribution in [0.4, 0.5) is 0 Å². The number of hydrogen-bond donors (Lipinski definition) is 3. The summed E-state index contributed by atoms with van der Waals surface area (Å²) in [4.78, 5) is 9.24. The molecule has 0 spiro atoms. The molecular formula is C16H20ClN7O2. The zero-order valence-corrected chi connectivity index (χ0v) is 15.5. The number of H-pyrrole nitrogens is 1. The van der Waals surface area contributed by atoms with Crippen molar-refractivity contribution in [2.45, 2.75) is 12.5 Å². The third kappa shape index (κ3) is 2.73. The molecule has 0 atom stereocenters. The maximum atomic E-state index is 6.31. The zero-order valence-electron chi connectivity index (χ0n) is 14.8. The second kappa shape index (κ2) is 6.84. The number of aromatic amines is 1.